The fourth-order valence-electron chi connectivity index (χ4n) is 4.64. The molecule has 1 unspecified atom stereocenters. The third-order valence-corrected chi connectivity index (χ3v) is 6.66. The molecule has 0 aromatic heterocycles. The molecule has 1 fully saturated rings. The van der Waals surface area contributed by atoms with Crippen molar-refractivity contribution in [3.63, 3.8) is 0 Å². The molecule has 216 valence electrons. The summed E-state index contributed by atoms with van der Waals surface area (Å²) in [5.74, 6) is -1.70. The Morgan fingerprint density at radius 2 is 1.66 bits per heavy atom. The maximum absolute atomic E-state index is 14.9. The zero-order valence-electron chi connectivity index (χ0n) is 23.4. The van der Waals surface area contributed by atoms with E-state index in [-0.39, 0.29) is 11.8 Å². The lowest BCUT2D eigenvalue weighted by Crippen LogP contribution is -2.50. The number of benzene rings is 3. The van der Waals surface area contributed by atoms with Gasteiger partial charge in [-0.25, -0.2) is 14.1 Å². The van der Waals surface area contributed by atoms with Crippen molar-refractivity contribution in [2.45, 2.75) is 44.9 Å². The summed E-state index contributed by atoms with van der Waals surface area (Å²) in [6.07, 6.45) is -0.155. The van der Waals surface area contributed by atoms with Gasteiger partial charge in [0.2, 0.25) is 5.91 Å². The van der Waals surface area contributed by atoms with Gasteiger partial charge in [0.05, 0.1) is 18.4 Å². The van der Waals surface area contributed by atoms with Gasteiger partial charge in [-0.2, -0.15) is 0 Å². The second-order valence-electron chi connectivity index (χ2n) is 9.94. The Balaban J connectivity index is 1.60. The second-order valence-corrected chi connectivity index (χ2v) is 9.94. The van der Waals surface area contributed by atoms with Crippen LogP contribution in [0.3, 0.4) is 0 Å². The maximum atomic E-state index is 14.9. The van der Waals surface area contributed by atoms with Gasteiger partial charge in [-0.05, 0) is 49.2 Å². The minimum Gasteiger partial charge on any atom is -0.491 e. The quantitative estimate of drug-likeness (QED) is 0.236. The molecule has 0 spiro atoms. The van der Waals surface area contributed by atoms with E-state index in [0.717, 1.165) is 10.5 Å². The largest absolute Gasteiger partial charge is 0.491 e. The van der Waals surface area contributed by atoms with Crippen LogP contribution in [0.25, 0.3) is 0 Å². The van der Waals surface area contributed by atoms with Crippen molar-refractivity contribution in [1.82, 2.24) is 10.2 Å². The molecule has 1 saturated heterocycles. The summed E-state index contributed by atoms with van der Waals surface area (Å²) in [5, 5.41) is 5.27. The molecular weight excluding hydrogens is 529 g/mol. The standard InChI is InChI=1S/C31H34FN3O6/c1-19(2)41-24-14-15-26(25(32)18-24)33-29(36)28(20(3)21-8-6-5-7-9-21)35-30(37)27(34-31(35)38)22-10-12-23(13-11-22)40-17-16-39-4/h5-15,18-20,27-28H,16-17H2,1-4H3,(H,33,36)(H,34,38)/t20-,27+,28?/m0/s1. The van der Waals surface area contributed by atoms with Crippen LogP contribution >= 0.6 is 0 Å². The molecule has 0 bridgehead atoms. The van der Waals surface area contributed by atoms with E-state index in [2.05, 4.69) is 10.6 Å². The molecule has 4 amide bonds. The Morgan fingerprint density at radius 1 is 0.976 bits per heavy atom. The highest BCUT2D eigenvalue weighted by Gasteiger charge is 2.47. The number of amides is 4. The fraction of sp³-hybridized carbons (Fsp3) is 0.323. The van der Waals surface area contributed by atoms with Crippen LogP contribution in [-0.2, 0) is 14.3 Å². The Hall–Kier alpha value is -4.44. The molecular formula is C31H34FN3O6. The van der Waals surface area contributed by atoms with Gasteiger partial charge in [-0.15, -0.1) is 0 Å². The van der Waals surface area contributed by atoms with Crippen molar-refractivity contribution in [2.75, 3.05) is 25.6 Å². The number of anilines is 1. The van der Waals surface area contributed by atoms with Crippen molar-refractivity contribution in [2.24, 2.45) is 0 Å². The molecule has 0 saturated carbocycles. The zero-order chi connectivity index (χ0) is 29.5. The van der Waals surface area contributed by atoms with Crippen LogP contribution in [0.5, 0.6) is 11.5 Å². The van der Waals surface area contributed by atoms with E-state index in [4.69, 9.17) is 14.2 Å². The van der Waals surface area contributed by atoms with Gasteiger partial charge in [-0.1, -0.05) is 49.4 Å². The number of carbonyl (C=O) groups excluding carboxylic acids is 3. The number of imide groups is 1. The average molecular weight is 564 g/mol. The van der Waals surface area contributed by atoms with Crippen LogP contribution in [0.2, 0.25) is 0 Å². The smallest absolute Gasteiger partial charge is 0.325 e. The van der Waals surface area contributed by atoms with E-state index >= 15 is 0 Å². The SMILES string of the molecule is COCCOc1ccc([C@H]2NC(=O)N(C(C(=O)Nc3ccc(OC(C)C)cc3F)[C@@H](C)c3ccccc3)C2=O)cc1. The number of ether oxygens (including phenoxy) is 3. The van der Waals surface area contributed by atoms with Crippen molar-refractivity contribution in [1.29, 1.82) is 0 Å². The highest BCUT2D eigenvalue weighted by atomic mass is 19.1. The third-order valence-electron chi connectivity index (χ3n) is 6.66. The highest BCUT2D eigenvalue weighted by molar-refractivity contribution is 6.10. The van der Waals surface area contributed by atoms with E-state index in [9.17, 15) is 18.8 Å². The van der Waals surface area contributed by atoms with Crippen molar-refractivity contribution >= 4 is 23.5 Å². The van der Waals surface area contributed by atoms with Crippen LogP contribution in [-0.4, -0.2) is 55.2 Å². The average Bonchev–Trinajstić information content (AvgIpc) is 3.24. The van der Waals surface area contributed by atoms with Gasteiger partial charge in [0.25, 0.3) is 5.91 Å². The van der Waals surface area contributed by atoms with Crippen molar-refractivity contribution in [3.05, 3.63) is 89.7 Å². The van der Waals surface area contributed by atoms with Gasteiger partial charge >= 0.3 is 6.03 Å². The zero-order valence-corrected chi connectivity index (χ0v) is 23.4. The van der Waals surface area contributed by atoms with Gasteiger partial charge in [0.15, 0.2) is 0 Å². The van der Waals surface area contributed by atoms with Crippen LogP contribution in [0.4, 0.5) is 14.9 Å². The molecule has 1 aliphatic rings. The van der Waals surface area contributed by atoms with E-state index in [1.807, 2.05) is 32.0 Å². The molecule has 1 heterocycles. The van der Waals surface area contributed by atoms with E-state index in [1.54, 1.807) is 56.5 Å². The van der Waals surface area contributed by atoms with E-state index < -0.39 is 41.7 Å². The first-order chi connectivity index (χ1) is 19.7. The molecule has 3 atom stereocenters. The lowest BCUT2D eigenvalue weighted by atomic mass is 9.91. The number of methoxy groups -OCH3 is 1. The van der Waals surface area contributed by atoms with E-state index in [1.165, 1.54) is 12.1 Å². The van der Waals surface area contributed by atoms with Gasteiger partial charge < -0.3 is 24.8 Å². The number of rotatable bonds is 12. The Labute approximate surface area is 238 Å². The monoisotopic (exact) mass is 563 g/mol. The molecule has 0 aliphatic carbocycles. The number of halogens is 1. The van der Waals surface area contributed by atoms with E-state index in [0.29, 0.717) is 30.3 Å². The van der Waals surface area contributed by atoms with Crippen LogP contribution < -0.4 is 20.1 Å². The number of hydrogen-bond acceptors (Lipinski definition) is 6. The Morgan fingerprint density at radius 3 is 2.29 bits per heavy atom. The predicted molar refractivity (Wildman–Crippen MR) is 151 cm³/mol. The van der Waals surface area contributed by atoms with Gasteiger partial charge in [0.1, 0.15) is 36.0 Å². The molecule has 1 aliphatic heterocycles. The Bertz CT molecular complexity index is 1370. The normalized spacial score (nSPS) is 16.3. The molecule has 10 heteroatoms. The summed E-state index contributed by atoms with van der Waals surface area (Å²) in [4.78, 5) is 41.6. The summed E-state index contributed by atoms with van der Waals surface area (Å²) < 4.78 is 31.0. The van der Waals surface area contributed by atoms with Crippen molar-refractivity contribution < 1.29 is 33.0 Å². The third kappa shape index (κ3) is 7.01. The second kappa shape index (κ2) is 13.3. The number of nitrogens with one attached hydrogen (secondary N) is 2. The molecule has 2 N–H and O–H groups in total. The lowest BCUT2D eigenvalue weighted by molar-refractivity contribution is -0.134. The first kappa shape index (κ1) is 29.5. The molecule has 3 aromatic carbocycles. The van der Waals surface area contributed by atoms with Gasteiger partial charge in [0, 0.05) is 19.1 Å². The summed E-state index contributed by atoms with van der Waals surface area (Å²) in [6.45, 7) is 6.18. The lowest BCUT2D eigenvalue weighted by Gasteiger charge is -2.30. The van der Waals surface area contributed by atoms with Crippen molar-refractivity contribution in [3.8, 4) is 11.5 Å². The Kier molecular flexibility index (Phi) is 9.57. The molecule has 4 rings (SSSR count). The molecule has 41 heavy (non-hydrogen) atoms. The van der Waals surface area contributed by atoms with Crippen LogP contribution in [0.15, 0.2) is 72.8 Å². The number of carbonyl (C=O) groups is 3. The molecule has 3 aromatic rings. The predicted octanol–water partition coefficient (Wildman–Crippen LogP) is 5.04. The summed E-state index contributed by atoms with van der Waals surface area (Å²) in [6, 6.07) is 16.9. The topological polar surface area (TPSA) is 106 Å². The maximum Gasteiger partial charge on any atom is 0.325 e. The number of nitrogens with zero attached hydrogens (tertiary/aromatic N) is 1. The minimum absolute atomic E-state index is 0.0935. The van der Waals surface area contributed by atoms with Crippen LogP contribution in [0.1, 0.15) is 43.9 Å². The minimum atomic E-state index is -1.27. The number of hydrogen-bond donors (Lipinski definition) is 2. The summed E-state index contributed by atoms with van der Waals surface area (Å²) in [5.41, 5.74) is 1.17. The molecule has 0 radical (unpaired) electrons. The summed E-state index contributed by atoms with van der Waals surface area (Å²) >= 11 is 0. The van der Waals surface area contributed by atoms with Gasteiger partial charge in [-0.3, -0.25) is 9.59 Å². The first-order valence-corrected chi connectivity index (χ1v) is 13.4. The summed E-state index contributed by atoms with van der Waals surface area (Å²) in [7, 11) is 1.58. The number of urea groups is 1. The fourth-order valence-corrected chi connectivity index (χ4v) is 4.64. The molecule has 9 nitrogen and oxygen atoms in total. The van der Waals surface area contributed by atoms with Crippen LogP contribution in [0, 0.1) is 5.82 Å². The highest BCUT2D eigenvalue weighted by Crippen LogP contribution is 2.32. The first-order valence-electron chi connectivity index (χ1n) is 13.4.